The van der Waals surface area contributed by atoms with E-state index in [1.54, 1.807) is 0 Å². The van der Waals surface area contributed by atoms with Crippen LogP contribution in [0, 0.1) is 6.92 Å². The average Bonchev–Trinajstić information content (AvgIpc) is 3.13. The van der Waals surface area contributed by atoms with Crippen molar-refractivity contribution in [1.29, 1.82) is 0 Å². The zero-order valence-corrected chi connectivity index (χ0v) is 19.1. The fourth-order valence-electron chi connectivity index (χ4n) is 3.98. The summed E-state index contributed by atoms with van der Waals surface area (Å²) >= 11 is 0. The van der Waals surface area contributed by atoms with E-state index in [2.05, 4.69) is 72.7 Å². The highest BCUT2D eigenvalue weighted by molar-refractivity contribution is 5.92. The van der Waals surface area contributed by atoms with E-state index in [9.17, 15) is 4.79 Å². The Balaban J connectivity index is 1.44. The van der Waals surface area contributed by atoms with Gasteiger partial charge in [-0.15, -0.1) is 0 Å². The van der Waals surface area contributed by atoms with Crippen molar-refractivity contribution >= 4 is 11.6 Å². The molecule has 0 aliphatic rings. The molecule has 4 nitrogen and oxygen atoms in total. The third-order valence-corrected chi connectivity index (χ3v) is 6.20. The molecule has 0 aliphatic heterocycles. The summed E-state index contributed by atoms with van der Waals surface area (Å²) in [5.41, 5.74) is 6.24. The number of amides is 1. The van der Waals surface area contributed by atoms with Crippen LogP contribution in [0.4, 0.5) is 5.69 Å². The maximum atomic E-state index is 12.7. The van der Waals surface area contributed by atoms with Gasteiger partial charge in [-0.25, -0.2) is 4.98 Å². The Morgan fingerprint density at radius 2 is 1.62 bits per heavy atom. The molecule has 0 saturated heterocycles. The molecule has 1 aromatic heterocycles. The summed E-state index contributed by atoms with van der Waals surface area (Å²) < 4.78 is 2.04. The minimum atomic E-state index is -0.0906. The molecule has 32 heavy (non-hydrogen) atoms. The number of nitrogens with one attached hydrogen (secondary N) is 1. The summed E-state index contributed by atoms with van der Waals surface area (Å²) in [5.74, 6) is 0.923. The van der Waals surface area contributed by atoms with Crippen LogP contribution in [0.5, 0.6) is 0 Å². The molecular weight excluding hydrogens is 394 g/mol. The number of hydrogen-bond acceptors (Lipinski definition) is 2. The SMILES string of the molecule is Cc1ncc(-c2cccc(NC(=O)Cc3ccc(C(C)(C)c4ccccc4)cc3)c2)n1C. The third kappa shape index (κ3) is 4.50. The molecule has 0 radical (unpaired) electrons. The van der Waals surface area contributed by atoms with Gasteiger partial charge in [-0.05, 0) is 35.7 Å². The topological polar surface area (TPSA) is 46.9 Å². The lowest BCUT2D eigenvalue weighted by molar-refractivity contribution is -0.115. The zero-order valence-electron chi connectivity index (χ0n) is 19.1. The van der Waals surface area contributed by atoms with Crippen LogP contribution < -0.4 is 5.32 Å². The highest BCUT2D eigenvalue weighted by atomic mass is 16.1. The number of benzene rings is 3. The molecule has 0 unspecified atom stereocenters. The second-order valence-corrected chi connectivity index (χ2v) is 8.74. The zero-order chi connectivity index (χ0) is 22.7. The summed E-state index contributed by atoms with van der Waals surface area (Å²) in [4.78, 5) is 17.0. The van der Waals surface area contributed by atoms with Gasteiger partial charge in [-0.1, -0.05) is 80.6 Å². The average molecular weight is 424 g/mol. The number of rotatable bonds is 6. The molecule has 4 aromatic rings. The van der Waals surface area contributed by atoms with Crippen molar-refractivity contribution in [1.82, 2.24) is 9.55 Å². The lowest BCUT2D eigenvalue weighted by atomic mass is 9.78. The van der Waals surface area contributed by atoms with Gasteiger partial charge in [-0.2, -0.15) is 0 Å². The molecule has 3 aromatic carbocycles. The third-order valence-electron chi connectivity index (χ3n) is 6.20. The van der Waals surface area contributed by atoms with E-state index in [0.717, 1.165) is 28.3 Å². The van der Waals surface area contributed by atoms with E-state index >= 15 is 0 Å². The number of anilines is 1. The Morgan fingerprint density at radius 3 is 2.28 bits per heavy atom. The Labute approximate surface area is 190 Å². The van der Waals surface area contributed by atoms with E-state index in [1.165, 1.54) is 11.1 Å². The fraction of sp³-hybridized carbons (Fsp3) is 0.214. The second kappa shape index (κ2) is 8.83. The first-order valence-electron chi connectivity index (χ1n) is 10.9. The first-order valence-corrected chi connectivity index (χ1v) is 10.9. The van der Waals surface area contributed by atoms with Gasteiger partial charge in [0.1, 0.15) is 5.82 Å². The Kier molecular flexibility index (Phi) is 5.95. The van der Waals surface area contributed by atoms with Crippen molar-refractivity contribution in [3.63, 3.8) is 0 Å². The van der Waals surface area contributed by atoms with Crippen LogP contribution in [0.25, 0.3) is 11.3 Å². The molecule has 1 N–H and O–H groups in total. The lowest BCUT2D eigenvalue weighted by Crippen LogP contribution is -2.19. The molecule has 1 amide bonds. The minimum absolute atomic E-state index is 0.0293. The van der Waals surface area contributed by atoms with Crippen molar-refractivity contribution in [2.24, 2.45) is 7.05 Å². The van der Waals surface area contributed by atoms with E-state index in [4.69, 9.17) is 0 Å². The van der Waals surface area contributed by atoms with E-state index in [0.29, 0.717) is 6.42 Å². The Morgan fingerprint density at radius 1 is 0.938 bits per heavy atom. The van der Waals surface area contributed by atoms with Gasteiger partial charge in [0.2, 0.25) is 5.91 Å². The fourth-order valence-corrected chi connectivity index (χ4v) is 3.98. The summed E-state index contributed by atoms with van der Waals surface area (Å²) in [6.07, 6.45) is 2.19. The quantitative estimate of drug-likeness (QED) is 0.419. The molecule has 162 valence electrons. The van der Waals surface area contributed by atoms with Crippen molar-refractivity contribution in [2.45, 2.75) is 32.6 Å². The van der Waals surface area contributed by atoms with Gasteiger partial charge in [0, 0.05) is 23.7 Å². The van der Waals surface area contributed by atoms with Gasteiger partial charge in [0.25, 0.3) is 0 Å². The predicted molar refractivity (Wildman–Crippen MR) is 131 cm³/mol. The van der Waals surface area contributed by atoms with Crippen molar-refractivity contribution in [3.05, 3.63) is 108 Å². The molecule has 0 fully saturated rings. The lowest BCUT2D eigenvalue weighted by Gasteiger charge is -2.26. The number of aromatic nitrogens is 2. The normalized spacial score (nSPS) is 11.4. The number of nitrogens with zero attached hydrogens (tertiary/aromatic N) is 2. The number of aryl methyl sites for hydroxylation is 1. The molecule has 0 saturated carbocycles. The van der Waals surface area contributed by atoms with E-state index in [-0.39, 0.29) is 11.3 Å². The number of hydrogen-bond donors (Lipinski definition) is 1. The Bertz CT molecular complexity index is 1220. The number of carbonyl (C=O) groups excluding carboxylic acids is 1. The standard InChI is InChI=1S/C28H29N3O/c1-20-29-19-26(31(20)4)22-9-8-12-25(18-22)30-27(32)17-21-13-15-24(16-14-21)28(2,3)23-10-6-5-7-11-23/h5-16,18-19H,17H2,1-4H3,(H,30,32). The molecule has 0 bridgehead atoms. The summed E-state index contributed by atoms with van der Waals surface area (Å²) in [6.45, 7) is 6.42. The van der Waals surface area contributed by atoms with Crippen LogP contribution in [0.3, 0.4) is 0 Å². The van der Waals surface area contributed by atoms with Crippen molar-refractivity contribution in [2.75, 3.05) is 5.32 Å². The molecular formula is C28H29N3O. The predicted octanol–water partition coefficient (Wildman–Crippen LogP) is 5.90. The molecule has 1 heterocycles. The minimum Gasteiger partial charge on any atom is -0.331 e. The highest BCUT2D eigenvalue weighted by Gasteiger charge is 2.22. The van der Waals surface area contributed by atoms with Crippen LogP contribution in [0.2, 0.25) is 0 Å². The summed E-state index contributed by atoms with van der Waals surface area (Å²) in [6, 6.07) is 26.7. The smallest absolute Gasteiger partial charge is 0.228 e. The van der Waals surface area contributed by atoms with Crippen LogP contribution in [-0.4, -0.2) is 15.5 Å². The van der Waals surface area contributed by atoms with Crippen LogP contribution in [0.1, 0.15) is 36.4 Å². The van der Waals surface area contributed by atoms with Gasteiger partial charge < -0.3 is 9.88 Å². The van der Waals surface area contributed by atoms with Crippen molar-refractivity contribution in [3.8, 4) is 11.3 Å². The molecule has 4 heteroatoms. The van der Waals surface area contributed by atoms with Gasteiger partial charge >= 0.3 is 0 Å². The second-order valence-electron chi connectivity index (χ2n) is 8.74. The van der Waals surface area contributed by atoms with Gasteiger partial charge in [0.05, 0.1) is 18.3 Å². The molecule has 0 aliphatic carbocycles. The number of carbonyl (C=O) groups is 1. The van der Waals surface area contributed by atoms with Gasteiger partial charge in [-0.3, -0.25) is 4.79 Å². The first kappa shape index (κ1) is 21.6. The largest absolute Gasteiger partial charge is 0.331 e. The maximum Gasteiger partial charge on any atom is 0.228 e. The number of imidazole rings is 1. The van der Waals surface area contributed by atoms with E-state index < -0.39 is 0 Å². The van der Waals surface area contributed by atoms with Crippen LogP contribution in [0.15, 0.2) is 85.1 Å². The van der Waals surface area contributed by atoms with Crippen LogP contribution in [-0.2, 0) is 23.7 Å². The first-order chi connectivity index (χ1) is 15.3. The highest BCUT2D eigenvalue weighted by Crippen LogP contribution is 2.31. The Hall–Kier alpha value is -3.66. The van der Waals surface area contributed by atoms with Crippen molar-refractivity contribution < 1.29 is 4.79 Å². The maximum absolute atomic E-state index is 12.7. The van der Waals surface area contributed by atoms with E-state index in [1.807, 2.05) is 55.1 Å². The summed E-state index contributed by atoms with van der Waals surface area (Å²) in [5, 5.41) is 3.03. The molecule has 4 rings (SSSR count). The summed E-state index contributed by atoms with van der Waals surface area (Å²) in [7, 11) is 1.99. The molecule has 0 spiro atoms. The monoisotopic (exact) mass is 423 g/mol. The van der Waals surface area contributed by atoms with Gasteiger partial charge in [0.15, 0.2) is 0 Å². The molecule has 0 atom stereocenters. The van der Waals surface area contributed by atoms with Crippen LogP contribution >= 0.6 is 0 Å².